The van der Waals surface area contributed by atoms with Crippen LogP contribution in [0.25, 0.3) is 0 Å². The predicted molar refractivity (Wildman–Crippen MR) is 78.5 cm³/mol. The first-order valence-electron chi connectivity index (χ1n) is 6.92. The minimum Gasteiger partial charge on any atom is -0.477 e. The Hall–Kier alpha value is -1.36. The zero-order valence-electron chi connectivity index (χ0n) is 12.5. The summed E-state index contributed by atoms with van der Waals surface area (Å²) >= 11 is 0. The van der Waals surface area contributed by atoms with Crippen molar-refractivity contribution in [1.29, 1.82) is 0 Å². The Labute approximate surface area is 116 Å². The molecule has 0 saturated heterocycles. The maximum atomic E-state index is 5.82. The van der Waals surface area contributed by atoms with Crippen molar-refractivity contribution in [2.24, 2.45) is 11.1 Å². The van der Waals surface area contributed by atoms with Gasteiger partial charge in [0, 0.05) is 13.1 Å². The van der Waals surface area contributed by atoms with E-state index in [1.807, 2.05) is 6.92 Å². The molecule has 0 atom stereocenters. The molecule has 1 heterocycles. The summed E-state index contributed by atoms with van der Waals surface area (Å²) in [5.41, 5.74) is 5.87. The predicted octanol–water partition coefficient (Wildman–Crippen LogP) is 2.08. The van der Waals surface area contributed by atoms with Gasteiger partial charge in [0.2, 0.25) is 5.88 Å². The Bertz CT molecular complexity index is 381. The lowest BCUT2D eigenvalue weighted by Gasteiger charge is -2.32. The van der Waals surface area contributed by atoms with Gasteiger partial charge in [0.15, 0.2) is 5.82 Å². The second-order valence-electron chi connectivity index (χ2n) is 5.44. The van der Waals surface area contributed by atoms with Crippen molar-refractivity contribution in [2.45, 2.75) is 34.1 Å². The molecule has 0 aliphatic rings. The maximum absolute atomic E-state index is 5.82. The first-order chi connectivity index (χ1) is 9.02. The van der Waals surface area contributed by atoms with Gasteiger partial charge in [0.25, 0.3) is 0 Å². The standard InChI is InChI=1S/C14H26N4O/c1-5-7-18(11-14(3,4)10-15)12-8-16-9-13(17-12)19-6-2/h8-9H,5-7,10-11,15H2,1-4H3. The Morgan fingerprint density at radius 1 is 1.32 bits per heavy atom. The Morgan fingerprint density at radius 3 is 2.63 bits per heavy atom. The van der Waals surface area contributed by atoms with E-state index in [2.05, 4.69) is 35.6 Å². The van der Waals surface area contributed by atoms with Crippen LogP contribution in [0.5, 0.6) is 5.88 Å². The highest BCUT2D eigenvalue weighted by Gasteiger charge is 2.21. The number of aromatic nitrogens is 2. The highest BCUT2D eigenvalue weighted by Crippen LogP contribution is 2.21. The second-order valence-corrected chi connectivity index (χ2v) is 5.44. The van der Waals surface area contributed by atoms with Crippen LogP contribution >= 0.6 is 0 Å². The zero-order chi connectivity index (χ0) is 14.3. The molecule has 5 nitrogen and oxygen atoms in total. The van der Waals surface area contributed by atoms with Gasteiger partial charge in [-0.15, -0.1) is 0 Å². The van der Waals surface area contributed by atoms with Crippen LogP contribution in [0.3, 0.4) is 0 Å². The first kappa shape index (κ1) is 15.7. The molecule has 108 valence electrons. The van der Waals surface area contributed by atoms with Crippen LogP contribution in [-0.4, -0.2) is 36.2 Å². The SMILES string of the molecule is CCCN(CC(C)(C)CN)c1cncc(OCC)n1. The molecular weight excluding hydrogens is 240 g/mol. The summed E-state index contributed by atoms with van der Waals surface area (Å²) in [6.45, 7) is 11.5. The lowest BCUT2D eigenvalue weighted by molar-refractivity contribution is 0.324. The quantitative estimate of drug-likeness (QED) is 0.780. The van der Waals surface area contributed by atoms with Crippen molar-refractivity contribution in [1.82, 2.24) is 9.97 Å². The maximum Gasteiger partial charge on any atom is 0.234 e. The van der Waals surface area contributed by atoms with Crippen molar-refractivity contribution in [3.63, 3.8) is 0 Å². The molecule has 0 amide bonds. The highest BCUT2D eigenvalue weighted by molar-refractivity contribution is 5.37. The van der Waals surface area contributed by atoms with Gasteiger partial charge in [0.05, 0.1) is 19.0 Å². The summed E-state index contributed by atoms with van der Waals surface area (Å²) in [4.78, 5) is 10.9. The fraction of sp³-hybridized carbons (Fsp3) is 0.714. The molecule has 19 heavy (non-hydrogen) atoms. The molecule has 0 bridgehead atoms. The zero-order valence-corrected chi connectivity index (χ0v) is 12.5. The summed E-state index contributed by atoms with van der Waals surface area (Å²) in [6.07, 6.45) is 4.48. The fourth-order valence-electron chi connectivity index (χ4n) is 1.83. The third kappa shape index (κ3) is 5.03. The van der Waals surface area contributed by atoms with Crippen molar-refractivity contribution in [3.05, 3.63) is 12.4 Å². The molecule has 0 aliphatic heterocycles. The lowest BCUT2D eigenvalue weighted by atomic mass is 9.93. The number of nitrogens with zero attached hydrogens (tertiary/aromatic N) is 3. The third-order valence-corrected chi connectivity index (χ3v) is 2.88. The van der Waals surface area contributed by atoms with Gasteiger partial charge in [-0.3, -0.25) is 4.98 Å². The number of hydrogen-bond acceptors (Lipinski definition) is 5. The number of anilines is 1. The van der Waals surface area contributed by atoms with E-state index in [9.17, 15) is 0 Å². The van der Waals surface area contributed by atoms with Crippen molar-refractivity contribution >= 4 is 5.82 Å². The molecule has 0 aliphatic carbocycles. The van der Waals surface area contributed by atoms with Gasteiger partial charge in [-0.25, -0.2) is 0 Å². The van der Waals surface area contributed by atoms with E-state index in [1.54, 1.807) is 12.4 Å². The van der Waals surface area contributed by atoms with Crippen LogP contribution < -0.4 is 15.4 Å². The molecule has 1 rings (SSSR count). The molecule has 0 spiro atoms. The van der Waals surface area contributed by atoms with E-state index in [1.165, 1.54) is 0 Å². The van der Waals surface area contributed by atoms with Crippen molar-refractivity contribution < 1.29 is 4.74 Å². The van der Waals surface area contributed by atoms with E-state index in [-0.39, 0.29) is 5.41 Å². The van der Waals surface area contributed by atoms with E-state index in [0.29, 0.717) is 19.0 Å². The second kappa shape index (κ2) is 7.28. The van der Waals surface area contributed by atoms with Crippen LogP contribution in [0, 0.1) is 5.41 Å². The van der Waals surface area contributed by atoms with Gasteiger partial charge in [-0.1, -0.05) is 20.8 Å². The normalized spacial score (nSPS) is 11.4. The highest BCUT2D eigenvalue weighted by atomic mass is 16.5. The summed E-state index contributed by atoms with van der Waals surface area (Å²) in [6, 6.07) is 0. The van der Waals surface area contributed by atoms with Gasteiger partial charge in [0.1, 0.15) is 0 Å². The van der Waals surface area contributed by atoms with E-state index in [4.69, 9.17) is 10.5 Å². The van der Waals surface area contributed by atoms with Crippen LogP contribution in [0.1, 0.15) is 34.1 Å². The lowest BCUT2D eigenvalue weighted by Crippen LogP contribution is -2.39. The van der Waals surface area contributed by atoms with Crippen LogP contribution in [0.15, 0.2) is 12.4 Å². The molecule has 0 radical (unpaired) electrons. The molecule has 1 aromatic heterocycles. The topological polar surface area (TPSA) is 64.3 Å². The van der Waals surface area contributed by atoms with Crippen molar-refractivity contribution in [3.8, 4) is 5.88 Å². The molecule has 2 N–H and O–H groups in total. The Balaban J connectivity index is 2.88. The molecule has 0 unspecified atom stereocenters. The van der Waals surface area contributed by atoms with Gasteiger partial charge < -0.3 is 15.4 Å². The van der Waals surface area contributed by atoms with Gasteiger partial charge in [-0.2, -0.15) is 4.98 Å². The number of rotatable bonds is 8. The van der Waals surface area contributed by atoms with Gasteiger partial charge in [-0.05, 0) is 25.3 Å². The molecule has 5 heteroatoms. The Kier molecular flexibility index (Phi) is 6.02. The number of nitrogens with two attached hydrogens (primary N) is 1. The summed E-state index contributed by atoms with van der Waals surface area (Å²) in [5.74, 6) is 1.43. The van der Waals surface area contributed by atoms with E-state index in [0.717, 1.165) is 25.3 Å². The smallest absolute Gasteiger partial charge is 0.234 e. The molecule has 0 saturated carbocycles. The van der Waals surface area contributed by atoms with Crippen LogP contribution in [0.2, 0.25) is 0 Å². The van der Waals surface area contributed by atoms with Crippen LogP contribution in [-0.2, 0) is 0 Å². The summed E-state index contributed by atoms with van der Waals surface area (Å²) in [5, 5.41) is 0. The first-order valence-corrected chi connectivity index (χ1v) is 6.92. The van der Waals surface area contributed by atoms with Gasteiger partial charge >= 0.3 is 0 Å². The minimum absolute atomic E-state index is 0.0540. The average molecular weight is 266 g/mol. The van der Waals surface area contributed by atoms with Crippen molar-refractivity contribution in [2.75, 3.05) is 31.1 Å². The minimum atomic E-state index is 0.0540. The monoisotopic (exact) mass is 266 g/mol. The largest absolute Gasteiger partial charge is 0.477 e. The molecular formula is C14H26N4O. The summed E-state index contributed by atoms with van der Waals surface area (Å²) < 4.78 is 5.41. The fourth-order valence-corrected chi connectivity index (χ4v) is 1.83. The average Bonchev–Trinajstić information content (AvgIpc) is 2.39. The third-order valence-electron chi connectivity index (χ3n) is 2.88. The molecule has 0 fully saturated rings. The number of hydrogen-bond donors (Lipinski definition) is 1. The Morgan fingerprint density at radius 2 is 2.05 bits per heavy atom. The van der Waals surface area contributed by atoms with Crippen LogP contribution in [0.4, 0.5) is 5.82 Å². The summed E-state index contributed by atoms with van der Waals surface area (Å²) in [7, 11) is 0. The van der Waals surface area contributed by atoms with E-state index < -0.39 is 0 Å². The number of ether oxygens (including phenoxy) is 1. The molecule has 0 aromatic carbocycles. The molecule has 1 aromatic rings. The van der Waals surface area contributed by atoms with E-state index >= 15 is 0 Å².